The summed E-state index contributed by atoms with van der Waals surface area (Å²) < 4.78 is 49.7. The van der Waals surface area contributed by atoms with Crippen LogP contribution in [0.25, 0.3) is 0 Å². The zero-order valence-corrected chi connectivity index (χ0v) is 32.5. The summed E-state index contributed by atoms with van der Waals surface area (Å²) in [6.45, 7) is 7.53. The van der Waals surface area contributed by atoms with Gasteiger partial charge in [-0.25, -0.2) is 15.0 Å². The number of ether oxygens (including phenoxy) is 2. The van der Waals surface area contributed by atoms with Crippen LogP contribution >= 0.6 is 11.3 Å². The van der Waals surface area contributed by atoms with Crippen LogP contribution in [0.3, 0.4) is 0 Å². The lowest BCUT2D eigenvalue weighted by Crippen LogP contribution is -2.57. The number of carbonyl (C=O) groups excluding carboxylic acids is 5. The number of piperidine rings is 1. The first-order chi connectivity index (χ1) is 25.3. The summed E-state index contributed by atoms with van der Waals surface area (Å²) in [5.41, 5.74) is -2.04. The fourth-order valence-corrected chi connectivity index (χ4v) is 7.61. The van der Waals surface area contributed by atoms with E-state index in [0.717, 1.165) is 37.1 Å². The molecule has 4 rings (SSSR count). The van der Waals surface area contributed by atoms with Crippen LogP contribution in [0.4, 0.5) is 13.2 Å². The van der Waals surface area contributed by atoms with Crippen molar-refractivity contribution in [2.45, 2.75) is 115 Å². The molecule has 2 N–H and O–H groups in total. The van der Waals surface area contributed by atoms with Gasteiger partial charge in [0.15, 0.2) is 6.10 Å². The first kappa shape index (κ1) is 42.6. The lowest BCUT2D eigenvalue weighted by atomic mass is 9.95. The number of alkyl halides is 3. The number of hydrogen-bond donors (Lipinski definition) is 2. The molecule has 54 heavy (non-hydrogen) atoms. The third kappa shape index (κ3) is 11.0. The molecule has 18 heteroatoms. The number of amides is 3. The molecule has 3 amide bonds. The standard InChI is InChI=1S/C36H50F3N7O7S/c1-20(2)27(46(6)34(51)35(11-12-35)44-31(49)26-10-8-9-13-45(26)5)16-28(53-22(4)47)32-43-25(19-54-32)30(48)42-24(14-21(3)33(50)52-7)15-29-40-17-23(18-41-29)36(37,38)39/h17-21,24,26-28H,8-16H2,1-7H3,(H,42,48)(H,44,49)/t21-,24+,26+,27+,28+/m0/s1. The summed E-state index contributed by atoms with van der Waals surface area (Å²) in [6.07, 6.45) is -0.368. The molecule has 1 saturated heterocycles. The number of esters is 2. The summed E-state index contributed by atoms with van der Waals surface area (Å²) in [4.78, 5) is 81.0. The number of aromatic nitrogens is 3. The van der Waals surface area contributed by atoms with Gasteiger partial charge < -0.3 is 25.0 Å². The summed E-state index contributed by atoms with van der Waals surface area (Å²) in [6, 6.07) is -1.52. The number of likely N-dealkylation sites (N-methyl/N-ethyl adjacent to an activating group) is 2. The number of carbonyl (C=O) groups is 5. The van der Waals surface area contributed by atoms with Crippen LogP contribution in [-0.4, -0.2) is 106 Å². The van der Waals surface area contributed by atoms with Gasteiger partial charge in [-0.15, -0.1) is 11.3 Å². The molecule has 298 valence electrons. The molecule has 0 bridgehead atoms. The van der Waals surface area contributed by atoms with E-state index in [1.54, 1.807) is 18.9 Å². The van der Waals surface area contributed by atoms with Gasteiger partial charge in [0.1, 0.15) is 22.1 Å². The summed E-state index contributed by atoms with van der Waals surface area (Å²) >= 11 is 1.08. The maximum Gasteiger partial charge on any atom is 0.419 e. The van der Waals surface area contributed by atoms with Crippen molar-refractivity contribution in [2.24, 2.45) is 11.8 Å². The Bertz CT molecular complexity index is 1650. The van der Waals surface area contributed by atoms with E-state index < -0.39 is 59.2 Å². The van der Waals surface area contributed by atoms with Crippen molar-refractivity contribution in [3.63, 3.8) is 0 Å². The first-order valence-electron chi connectivity index (χ1n) is 18.0. The molecule has 14 nitrogen and oxygen atoms in total. The normalized spacial score (nSPS) is 19.2. The van der Waals surface area contributed by atoms with Crippen LogP contribution in [0, 0.1) is 11.8 Å². The van der Waals surface area contributed by atoms with Crippen LogP contribution in [0.2, 0.25) is 0 Å². The van der Waals surface area contributed by atoms with Gasteiger partial charge >= 0.3 is 18.1 Å². The maximum atomic E-state index is 14.0. The molecule has 1 aliphatic heterocycles. The maximum absolute atomic E-state index is 14.0. The first-order valence-corrected chi connectivity index (χ1v) is 18.9. The van der Waals surface area contributed by atoms with Gasteiger partial charge in [-0.3, -0.25) is 28.9 Å². The molecule has 0 aromatic carbocycles. The molecule has 3 heterocycles. The van der Waals surface area contributed by atoms with Gasteiger partial charge in [-0.2, -0.15) is 13.2 Å². The minimum absolute atomic E-state index is 0.0194. The predicted octanol–water partition coefficient (Wildman–Crippen LogP) is 4.10. The van der Waals surface area contributed by atoms with Gasteiger partial charge in [0.25, 0.3) is 5.91 Å². The Morgan fingerprint density at radius 3 is 2.31 bits per heavy atom. The van der Waals surface area contributed by atoms with Crippen LogP contribution in [-0.2, 0) is 41.2 Å². The van der Waals surface area contributed by atoms with E-state index in [4.69, 9.17) is 9.47 Å². The van der Waals surface area contributed by atoms with E-state index in [-0.39, 0.29) is 54.6 Å². The monoisotopic (exact) mass is 781 g/mol. The second kappa shape index (κ2) is 18.0. The van der Waals surface area contributed by atoms with E-state index in [1.807, 2.05) is 25.8 Å². The van der Waals surface area contributed by atoms with Crippen LogP contribution in [0.5, 0.6) is 0 Å². The third-order valence-corrected chi connectivity index (χ3v) is 11.0. The fraction of sp³-hybridized carbons (Fsp3) is 0.667. The summed E-state index contributed by atoms with van der Waals surface area (Å²) in [5, 5.41) is 7.62. The second-order valence-electron chi connectivity index (χ2n) is 14.6. The summed E-state index contributed by atoms with van der Waals surface area (Å²) in [7, 11) is 4.81. The highest BCUT2D eigenvalue weighted by Gasteiger charge is 2.54. The third-order valence-electron chi connectivity index (χ3n) is 10.0. The lowest BCUT2D eigenvalue weighted by molar-refractivity contribution is -0.149. The number of rotatable bonds is 16. The zero-order valence-electron chi connectivity index (χ0n) is 31.7. The highest BCUT2D eigenvalue weighted by atomic mass is 32.1. The van der Waals surface area contributed by atoms with Crippen molar-refractivity contribution < 1.29 is 46.6 Å². The van der Waals surface area contributed by atoms with E-state index in [0.29, 0.717) is 30.2 Å². The number of nitrogens with one attached hydrogen (secondary N) is 2. The molecule has 1 aliphatic carbocycles. The number of nitrogens with zero attached hydrogens (tertiary/aromatic N) is 5. The van der Waals surface area contributed by atoms with E-state index in [2.05, 4.69) is 25.6 Å². The summed E-state index contributed by atoms with van der Waals surface area (Å²) in [5.74, 6) is -2.91. The number of methoxy groups -OCH3 is 1. The minimum atomic E-state index is -4.62. The smallest absolute Gasteiger partial charge is 0.419 e. The van der Waals surface area contributed by atoms with Crippen molar-refractivity contribution in [3.05, 3.63) is 39.9 Å². The largest absolute Gasteiger partial charge is 0.469 e. The van der Waals surface area contributed by atoms with E-state index in [9.17, 15) is 37.1 Å². The van der Waals surface area contributed by atoms with Crippen LogP contribution < -0.4 is 10.6 Å². The van der Waals surface area contributed by atoms with E-state index in [1.165, 1.54) is 19.4 Å². The Morgan fingerprint density at radius 2 is 1.76 bits per heavy atom. The second-order valence-corrected chi connectivity index (χ2v) is 15.5. The van der Waals surface area contributed by atoms with Crippen molar-refractivity contribution in [1.82, 2.24) is 35.4 Å². The van der Waals surface area contributed by atoms with Crippen molar-refractivity contribution in [1.29, 1.82) is 0 Å². The highest BCUT2D eigenvalue weighted by molar-refractivity contribution is 7.09. The molecule has 0 spiro atoms. The van der Waals surface area contributed by atoms with Gasteiger partial charge in [0, 0.05) is 56.7 Å². The number of thiazole rings is 1. The van der Waals surface area contributed by atoms with Gasteiger partial charge in [0.2, 0.25) is 11.8 Å². The van der Waals surface area contributed by atoms with Crippen molar-refractivity contribution >= 4 is 41.0 Å². The molecule has 2 aromatic rings. The van der Waals surface area contributed by atoms with Crippen molar-refractivity contribution in [3.8, 4) is 0 Å². The lowest BCUT2D eigenvalue weighted by Gasteiger charge is -2.37. The van der Waals surface area contributed by atoms with Crippen LogP contribution in [0.1, 0.15) is 106 Å². The molecule has 5 atom stereocenters. The molecule has 2 aromatic heterocycles. The molecule has 0 unspecified atom stereocenters. The zero-order chi connectivity index (χ0) is 40.0. The average molecular weight is 782 g/mol. The van der Waals surface area contributed by atoms with Gasteiger partial charge in [-0.1, -0.05) is 27.2 Å². The van der Waals surface area contributed by atoms with Gasteiger partial charge in [0.05, 0.1) is 24.6 Å². The number of halogens is 3. The molecular formula is C36H50F3N7O7S. The predicted molar refractivity (Wildman–Crippen MR) is 191 cm³/mol. The fourth-order valence-electron chi connectivity index (χ4n) is 6.77. The quantitative estimate of drug-likeness (QED) is 0.235. The van der Waals surface area contributed by atoms with E-state index >= 15 is 0 Å². The molecular weight excluding hydrogens is 731 g/mol. The number of hydrogen-bond acceptors (Lipinski definition) is 12. The SMILES string of the molecule is COC(=O)[C@@H](C)C[C@H](Cc1ncc(C(F)(F)F)cn1)NC(=O)c1csc([C@@H](C[C@H](C(C)C)N(C)C(=O)C2(NC(=O)[C@H]3CCCCN3C)CC2)OC(C)=O)n1. The Hall–Kier alpha value is -4.19. The average Bonchev–Trinajstić information content (AvgIpc) is 3.71. The molecule has 2 aliphatic rings. The highest BCUT2D eigenvalue weighted by Crippen LogP contribution is 2.40. The Balaban J connectivity index is 1.49. The van der Waals surface area contributed by atoms with Gasteiger partial charge in [-0.05, 0) is 51.6 Å². The van der Waals surface area contributed by atoms with Crippen LogP contribution in [0.15, 0.2) is 17.8 Å². The minimum Gasteiger partial charge on any atom is -0.469 e. The Morgan fingerprint density at radius 1 is 1.09 bits per heavy atom. The van der Waals surface area contributed by atoms with Crippen molar-refractivity contribution in [2.75, 3.05) is 27.7 Å². The topological polar surface area (TPSA) is 173 Å². The Labute approximate surface area is 317 Å². The molecule has 0 radical (unpaired) electrons. The molecule has 2 fully saturated rings. The number of likely N-dealkylation sites (tertiary alicyclic amines) is 1. The Kier molecular flexibility index (Phi) is 14.2. The molecule has 1 saturated carbocycles.